The van der Waals surface area contributed by atoms with E-state index in [2.05, 4.69) is 10.6 Å². The molecule has 1 fully saturated rings. The number of rotatable bonds is 4. The summed E-state index contributed by atoms with van der Waals surface area (Å²) in [5.74, 6) is 0.512. The molecule has 1 saturated carbocycles. The SMILES string of the molecule is CC(CS(C)=O)NC(=O)NC1CCCC1. The maximum absolute atomic E-state index is 11.5. The van der Waals surface area contributed by atoms with Crippen LogP contribution in [0.1, 0.15) is 32.6 Å². The minimum atomic E-state index is -0.859. The summed E-state index contributed by atoms with van der Waals surface area (Å²) >= 11 is 0. The minimum Gasteiger partial charge on any atom is -0.335 e. The molecule has 0 aliphatic heterocycles. The predicted molar refractivity (Wildman–Crippen MR) is 62.3 cm³/mol. The lowest BCUT2D eigenvalue weighted by Gasteiger charge is -2.16. The van der Waals surface area contributed by atoms with Crippen LogP contribution >= 0.6 is 0 Å². The molecule has 2 unspecified atom stereocenters. The van der Waals surface area contributed by atoms with Crippen LogP contribution in [0.15, 0.2) is 0 Å². The van der Waals surface area contributed by atoms with E-state index in [-0.39, 0.29) is 12.1 Å². The van der Waals surface area contributed by atoms with Crippen molar-refractivity contribution >= 4 is 16.8 Å². The quantitative estimate of drug-likeness (QED) is 0.759. The first kappa shape index (κ1) is 12.5. The lowest BCUT2D eigenvalue weighted by atomic mass is 10.2. The first-order valence-corrected chi connectivity index (χ1v) is 7.17. The van der Waals surface area contributed by atoms with Gasteiger partial charge in [0.25, 0.3) is 0 Å². The summed E-state index contributed by atoms with van der Waals surface area (Å²) in [5.41, 5.74) is 0. The van der Waals surface area contributed by atoms with Crippen molar-refractivity contribution in [3.8, 4) is 0 Å². The number of hydrogen-bond acceptors (Lipinski definition) is 2. The summed E-state index contributed by atoms with van der Waals surface area (Å²) in [5, 5.41) is 5.73. The van der Waals surface area contributed by atoms with Gasteiger partial charge >= 0.3 is 6.03 Å². The van der Waals surface area contributed by atoms with Crippen LogP contribution in [-0.4, -0.2) is 34.3 Å². The van der Waals surface area contributed by atoms with E-state index >= 15 is 0 Å². The zero-order valence-corrected chi connectivity index (χ0v) is 10.2. The van der Waals surface area contributed by atoms with E-state index in [0.29, 0.717) is 11.8 Å². The van der Waals surface area contributed by atoms with E-state index in [0.717, 1.165) is 12.8 Å². The number of hydrogen-bond donors (Lipinski definition) is 2. The maximum atomic E-state index is 11.5. The molecular formula is C10H20N2O2S. The van der Waals surface area contributed by atoms with Gasteiger partial charge < -0.3 is 10.6 Å². The van der Waals surface area contributed by atoms with E-state index in [1.165, 1.54) is 12.8 Å². The van der Waals surface area contributed by atoms with Crippen LogP contribution in [0.2, 0.25) is 0 Å². The smallest absolute Gasteiger partial charge is 0.315 e. The summed E-state index contributed by atoms with van der Waals surface area (Å²) in [6.45, 7) is 1.87. The van der Waals surface area contributed by atoms with Crippen molar-refractivity contribution in [1.29, 1.82) is 0 Å². The first-order chi connectivity index (χ1) is 7.08. The highest BCUT2D eigenvalue weighted by molar-refractivity contribution is 7.84. The predicted octanol–water partition coefficient (Wildman–Crippen LogP) is 0.995. The Labute approximate surface area is 93.7 Å². The molecule has 0 aromatic carbocycles. The lowest BCUT2D eigenvalue weighted by molar-refractivity contribution is 0.235. The Morgan fingerprint density at radius 3 is 2.60 bits per heavy atom. The fraction of sp³-hybridized carbons (Fsp3) is 0.900. The van der Waals surface area contributed by atoms with Gasteiger partial charge in [0.1, 0.15) is 0 Å². The molecule has 0 aromatic heterocycles. The highest BCUT2D eigenvalue weighted by atomic mass is 32.2. The molecule has 5 heteroatoms. The molecule has 0 bridgehead atoms. The molecule has 0 heterocycles. The van der Waals surface area contributed by atoms with Gasteiger partial charge in [0.2, 0.25) is 0 Å². The zero-order chi connectivity index (χ0) is 11.3. The monoisotopic (exact) mass is 232 g/mol. The number of carbonyl (C=O) groups is 1. The Morgan fingerprint density at radius 2 is 2.07 bits per heavy atom. The average Bonchev–Trinajstić information content (AvgIpc) is 2.53. The Balaban J connectivity index is 2.19. The van der Waals surface area contributed by atoms with Crippen molar-refractivity contribution < 1.29 is 9.00 Å². The van der Waals surface area contributed by atoms with Crippen LogP contribution < -0.4 is 10.6 Å². The van der Waals surface area contributed by atoms with Crippen molar-refractivity contribution in [3.63, 3.8) is 0 Å². The van der Waals surface area contributed by atoms with Gasteiger partial charge in [-0.1, -0.05) is 12.8 Å². The molecule has 0 radical (unpaired) electrons. The number of amides is 2. The van der Waals surface area contributed by atoms with Gasteiger partial charge in [-0.15, -0.1) is 0 Å². The van der Waals surface area contributed by atoms with E-state index < -0.39 is 10.8 Å². The molecule has 2 N–H and O–H groups in total. The summed E-state index contributed by atoms with van der Waals surface area (Å²) in [6, 6.07) is 0.182. The fourth-order valence-corrected chi connectivity index (χ4v) is 2.70. The second-order valence-electron chi connectivity index (χ2n) is 4.24. The summed E-state index contributed by atoms with van der Waals surface area (Å²) < 4.78 is 10.9. The minimum absolute atomic E-state index is 0.0303. The Morgan fingerprint density at radius 1 is 1.47 bits per heavy atom. The molecule has 15 heavy (non-hydrogen) atoms. The maximum Gasteiger partial charge on any atom is 0.315 e. The largest absolute Gasteiger partial charge is 0.335 e. The van der Waals surface area contributed by atoms with Crippen LogP contribution in [0.25, 0.3) is 0 Å². The molecule has 2 amide bonds. The molecule has 2 atom stereocenters. The van der Waals surface area contributed by atoms with Gasteiger partial charge in [-0.05, 0) is 19.8 Å². The van der Waals surface area contributed by atoms with Crippen molar-refractivity contribution in [2.45, 2.75) is 44.7 Å². The van der Waals surface area contributed by atoms with Gasteiger partial charge in [-0.2, -0.15) is 0 Å². The second-order valence-corrected chi connectivity index (χ2v) is 5.72. The lowest BCUT2D eigenvalue weighted by Crippen LogP contribution is -2.46. The first-order valence-electron chi connectivity index (χ1n) is 5.45. The standard InChI is InChI=1S/C10H20N2O2S/c1-8(7-15(2)14)11-10(13)12-9-5-3-4-6-9/h8-9H,3-7H2,1-2H3,(H2,11,12,13). The molecule has 1 rings (SSSR count). The number of urea groups is 1. The summed E-state index contributed by atoms with van der Waals surface area (Å²) in [7, 11) is -0.859. The molecule has 88 valence electrons. The van der Waals surface area contributed by atoms with Crippen LogP contribution in [-0.2, 0) is 10.8 Å². The summed E-state index contributed by atoms with van der Waals surface area (Å²) in [6.07, 6.45) is 6.23. The van der Waals surface area contributed by atoms with E-state index in [1.54, 1.807) is 6.26 Å². The molecule has 0 saturated heterocycles. The Kier molecular flexibility index (Phi) is 5.08. The normalized spacial score (nSPS) is 20.9. The van der Waals surface area contributed by atoms with Crippen LogP contribution in [0.3, 0.4) is 0 Å². The third-order valence-electron chi connectivity index (χ3n) is 2.55. The molecule has 1 aliphatic carbocycles. The van der Waals surface area contributed by atoms with E-state index in [4.69, 9.17) is 0 Å². The third kappa shape index (κ3) is 5.16. The molecule has 4 nitrogen and oxygen atoms in total. The summed E-state index contributed by atoms with van der Waals surface area (Å²) in [4.78, 5) is 11.5. The van der Waals surface area contributed by atoms with Crippen LogP contribution in [0.4, 0.5) is 4.79 Å². The van der Waals surface area contributed by atoms with Crippen molar-refractivity contribution in [2.75, 3.05) is 12.0 Å². The van der Waals surface area contributed by atoms with Gasteiger partial charge in [-0.25, -0.2) is 4.79 Å². The van der Waals surface area contributed by atoms with Crippen LogP contribution in [0.5, 0.6) is 0 Å². The second kappa shape index (κ2) is 6.10. The highest BCUT2D eigenvalue weighted by Gasteiger charge is 2.17. The zero-order valence-electron chi connectivity index (χ0n) is 9.41. The van der Waals surface area contributed by atoms with Gasteiger partial charge in [0, 0.05) is 34.9 Å². The highest BCUT2D eigenvalue weighted by Crippen LogP contribution is 2.17. The molecule has 1 aliphatic rings. The Hall–Kier alpha value is -0.580. The Bertz CT molecular complexity index is 240. The van der Waals surface area contributed by atoms with Gasteiger partial charge in [0.05, 0.1) is 0 Å². The average molecular weight is 232 g/mol. The van der Waals surface area contributed by atoms with Crippen molar-refractivity contribution in [3.05, 3.63) is 0 Å². The molecule has 0 aromatic rings. The van der Waals surface area contributed by atoms with Crippen molar-refractivity contribution in [1.82, 2.24) is 10.6 Å². The van der Waals surface area contributed by atoms with Gasteiger partial charge in [0.15, 0.2) is 0 Å². The topological polar surface area (TPSA) is 58.2 Å². The molecule has 0 spiro atoms. The fourth-order valence-electron chi connectivity index (χ4n) is 1.91. The van der Waals surface area contributed by atoms with Crippen LogP contribution in [0, 0.1) is 0 Å². The van der Waals surface area contributed by atoms with Gasteiger partial charge in [-0.3, -0.25) is 4.21 Å². The third-order valence-corrected chi connectivity index (χ3v) is 3.52. The van der Waals surface area contributed by atoms with Crippen molar-refractivity contribution in [2.24, 2.45) is 0 Å². The van der Waals surface area contributed by atoms with E-state index in [1.807, 2.05) is 6.92 Å². The number of carbonyl (C=O) groups excluding carboxylic acids is 1. The number of nitrogens with one attached hydrogen (secondary N) is 2. The van der Waals surface area contributed by atoms with E-state index in [9.17, 15) is 9.00 Å². The molecular weight excluding hydrogens is 212 g/mol.